The lowest BCUT2D eigenvalue weighted by Gasteiger charge is -0.813. The van der Waals surface area contributed by atoms with Crippen LogP contribution in [-0.2, 0) is 0 Å². The van der Waals surface area contributed by atoms with Crippen molar-refractivity contribution < 1.29 is 0 Å². The van der Waals surface area contributed by atoms with Gasteiger partial charge in [-0.1, -0.05) is 0 Å². The maximum atomic E-state index is 3.00. The molecule has 0 amide bonds. The van der Waals surface area contributed by atoms with Crippen LogP contribution in [0.15, 0.2) is 26.3 Å². The second-order valence-corrected chi connectivity index (χ2v) is 0. The second kappa shape index (κ2) is 2300. The third kappa shape index (κ3) is 1410. The average molecular weight is 252 g/mol. The van der Waals surface area contributed by atoms with E-state index in [9.17, 15) is 0 Å². The molecule has 0 atom stereocenters. The largest absolute Gasteiger partial charge is 0.344 e. The lowest BCUT2D eigenvalue weighted by molar-refractivity contribution is 2.13. The topological polar surface area (TPSA) is 70.0 Å². The Balaban J connectivity index is -0.00000000167. The van der Waals surface area contributed by atoms with Gasteiger partial charge in [-0.25, -0.2) is 0 Å². The van der Waals surface area contributed by atoms with E-state index in [4.69, 9.17) is 0 Å². The van der Waals surface area contributed by atoms with Crippen LogP contribution in [0.4, 0.5) is 0 Å². The van der Waals surface area contributed by atoms with Crippen molar-refractivity contribution in [1.29, 1.82) is 0 Å². The summed E-state index contributed by atoms with van der Waals surface area (Å²) in [4.78, 5) is 0. The predicted molar refractivity (Wildman–Crippen MR) is 53.2 cm³/mol. The van der Waals surface area contributed by atoms with Gasteiger partial charge < -0.3 is 12.3 Å². The maximum Gasteiger partial charge on any atom is -0.106 e. The molecular weight excluding hydrogens is 236 g/mol. The van der Waals surface area contributed by atoms with Gasteiger partial charge in [0.2, 0.25) is 0 Å². The van der Waals surface area contributed by atoms with Gasteiger partial charge in [-0.3, -0.25) is 0 Å². The summed E-state index contributed by atoms with van der Waals surface area (Å²) in [6.45, 7) is 12.0. The summed E-state index contributed by atoms with van der Waals surface area (Å²) < 4.78 is 0. The molecule has 56 valence electrons. The Hall–Kier alpha value is 0.360. The quantitative estimate of drug-likeness (QED) is 0.650. The molecule has 0 unspecified atom stereocenters. The first-order valence-corrected chi connectivity index (χ1v) is 1.000. The summed E-state index contributed by atoms with van der Waals surface area (Å²) in [7, 11) is 0. The zero-order valence-electron chi connectivity index (χ0n) is 5.06. The van der Waals surface area contributed by atoms with Crippen molar-refractivity contribution >= 4 is 34.0 Å². The monoisotopic (exact) mass is 250 g/mol. The first-order valence-electron chi connectivity index (χ1n) is 1.000. The van der Waals surface area contributed by atoms with Crippen molar-refractivity contribution in [2.75, 3.05) is 0 Å². The minimum atomic E-state index is 0. The molecule has 6 N–H and O–H groups in total. The molecule has 0 aliphatic rings. The second-order valence-electron chi connectivity index (χ2n) is 0. The summed E-state index contributed by atoms with van der Waals surface area (Å²) in [5.74, 6) is 0. The van der Waals surface area contributed by atoms with Crippen LogP contribution in [0.5, 0.6) is 0 Å². The van der Waals surface area contributed by atoms with Crippen molar-refractivity contribution in [1.82, 2.24) is 12.3 Å². The molecule has 0 spiro atoms. The van der Waals surface area contributed by atoms with E-state index in [0.717, 1.165) is 0 Å². The van der Waals surface area contributed by atoms with E-state index in [1.807, 2.05) is 0 Å². The van der Waals surface area contributed by atoms with Crippen LogP contribution in [0.1, 0.15) is 0 Å². The van der Waals surface area contributed by atoms with Crippen LogP contribution in [0, 0.1) is 0 Å². The molecule has 0 aromatic heterocycles. The first-order chi connectivity index (χ1) is 2.00. The van der Waals surface area contributed by atoms with Crippen LogP contribution in [-0.4, -0.2) is 0 Å². The van der Waals surface area contributed by atoms with E-state index < -0.39 is 0 Å². The van der Waals surface area contributed by atoms with Gasteiger partial charge in [0.1, 0.15) is 0 Å². The Kier molecular flexibility index (Phi) is 23300. The van der Waals surface area contributed by atoms with Crippen LogP contribution in [0.25, 0.3) is 0 Å². The lowest BCUT2D eigenvalue weighted by atomic mass is 11.3. The number of hydrogen-bond donors (Lipinski definition) is 2. The SMILES string of the molecule is Br.Br.C=C.C=C.N.N. The number of hydrogen-bond acceptors (Lipinski definition) is 2. The molecule has 0 aliphatic carbocycles. The van der Waals surface area contributed by atoms with Crippen molar-refractivity contribution in [2.24, 2.45) is 0 Å². The number of halogens is 2. The maximum absolute atomic E-state index is 3.00. The minimum Gasteiger partial charge on any atom is -0.344 e. The molecule has 0 saturated carbocycles. The molecule has 0 rings (SSSR count). The third-order valence-electron chi connectivity index (χ3n) is 0. The molecular formula is C4H16Br2N2. The highest BCUT2D eigenvalue weighted by Gasteiger charge is 0.603. The van der Waals surface area contributed by atoms with Crippen molar-refractivity contribution in [3.63, 3.8) is 0 Å². The van der Waals surface area contributed by atoms with Gasteiger partial charge in [0, 0.05) is 0 Å². The molecule has 2 nitrogen and oxygen atoms in total. The summed E-state index contributed by atoms with van der Waals surface area (Å²) >= 11 is 0. The molecule has 0 heterocycles. The summed E-state index contributed by atoms with van der Waals surface area (Å²) in [5.41, 5.74) is 0. The van der Waals surface area contributed by atoms with Gasteiger partial charge in [-0.2, -0.15) is 0 Å². The van der Waals surface area contributed by atoms with Crippen LogP contribution >= 0.6 is 34.0 Å². The van der Waals surface area contributed by atoms with E-state index in [1.54, 1.807) is 0 Å². The molecule has 0 radical (unpaired) electrons. The molecule has 0 fully saturated rings. The fourth-order valence-corrected chi connectivity index (χ4v) is 0. The summed E-state index contributed by atoms with van der Waals surface area (Å²) in [6.07, 6.45) is 0. The van der Waals surface area contributed by atoms with Crippen molar-refractivity contribution in [2.45, 2.75) is 0 Å². The smallest absolute Gasteiger partial charge is 0.106 e. The molecule has 0 bridgehead atoms. The third-order valence-corrected chi connectivity index (χ3v) is 0. The van der Waals surface area contributed by atoms with E-state index in [2.05, 4.69) is 26.3 Å². The van der Waals surface area contributed by atoms with Gasteiger partial charge in [0.25, 0.3) is 0 Å². The van der Waals surface area contributed by atoms with Crippen LogP contribution in [0.3, 0.4) is 0 Å². The van der Waals surface area contributed by atoms with Crippen LogP contribution in [0.2, 0.25) is 0 Å². The molecule has 4 heteroatoms. The van der Waals surface area contributed by atoms with Gasteiger partial charge >= 0.3 is 0 Å². The van der Waals surface area contributed by atoms with Gasteiger partial charge in [-0.15, -0.1) is 60.3 Å². The Morgan fingerprint density at radius 2 is 0.500 bits per heavy atom. The molecule has 0 aliphatic heterocycles. The fraction of sp³-hybridized carbons (Fsp3) is 0. The molecule has 8 heavy (non-hydrogen) atoms. The molecule has 0 saturated heterocycles. The highest BCUT2D eigenvalue weighted by atomic mass is 79.9. The van der Waals surface area contributed by atoms with E-state index in [0.29, 0.717) is 0 Å². The molecule has 0 aromatic carbocycles. The Morgan fingerprint density at radius 3 is 0.500 bits per heavy atom. The van der Waals surface area contributed by atoms with Gasteiger partial charge in [-0.05, 0) is 0 Å². The Bertz CT molecular complexity index is 14.0. The fourth-order valence-electron chi connectivity index (χ4n) is 0. The van der Waals surface area contributed by atoms with Gasteiger partial charge in [0.15, 0.2) is 0 Å². The number of rotatable bonds is 0. The van der Waals surface area contributed by atoms with E-state index in [1.165, 1.54) is 0 Å². The van der Waals surface area contributed by atoms with Crippen molar-refractivity contribution in [3.8, 4) is 0 Å². The Morgan fingerprint density at radius 1 is 0.500 bits per heavy atom. The highest BCUT2D eigenvalue weighted by molar-refractivity contribution is 8.93. The summed E-state index contributed by atoms with van der Waals surface area (Å²) in [5, 5.41) is 0. The zero-order chi connectivity index (χ0) is 4.00. The molecule has 0 aromatic rings. The average Bonchev–Trinajstić information content (AvgIpc) is 1.50. The summed E-state index contributed by atoms with van der Waals surface area (Å²) in [6, 6.07) is 0. The lowest BCUT2D eigenvalue weighted by Crippen LogP contribution is -0.552. The van der Waals surface area contributed by atoms with Crippen LogP contribution < -0.4 is 12.3 Å². The van der Waals surface area contributed by atoms with Crippen molar-refractivity contribution in [3.05, 3.63) is 26.3 Å². The highest BCUT2D eigenvalue weighted by Crippen LogP contribution is 0.865. The van der Waals surface area contributed by atoms with Gasteiger partial charge in [0.05, 0.1) is 0 Å². The van der Waals surface area contributed by atoms with E-state index >= 15 is 0 Å². The first kappa shape index (κ1) is 81.3. The standard InChI is InChI=1S/2C2H4.2BrH.2H3N/c2*1-2;;;;/h2*1-2H2;2*1H;2*1H3. The predicted octanol–water partition coefficient (Wildman–Crippen LogP) is 3.08. The Labute approximate surface area is 72.8 Å². The zero-order valence-corrected chi connectivity index (χ0v) is 8.49. The minimum absolute atomic E-state index is 0. The van der Waals surface area contributed by atoms with E-state index in [-0.39, 0.29) is 46.3 Å². The normalized spacial score (nSPS) is 1.00.